The van der Waals surface area contributed by atoms with Gasteiger partial charge in [-0.3, -0.25) is 4.79 Å². The van der Waals surface area contributed by atoms with E-state index in [9.17, 15) is 4.79 Å². The zero-order chi connectivity index (χ0) is 17.5. The molecule has 2 aromatic carbocycles. The van der Waals surface area contributed by atoms with E-state index in [0.29, 0.717) is 11.5 Å². The number of nitrogens with zero attached hydrogens (tertiary/aromatic N) is 2. The minimum absolute atomic E-state index is 0.197. The summed E-state index contributed by atoms with van der Waals surface area (Å²) in [4.78, 5) is 14.3. The van der Waals surface area contributed by atoms with Crippen LogP contribution in [0.2, 0.25) is 0 Å². The van der Waals surface area contributed by atoms with Gasteiger partial charge in [0.15, 0.2) is 0 Å². The van der Waals surface area contributed by atoms with Crippen molar-refractivity contribution in [2.75, 3.05) is 19.0 Å². The molecule has 1 N–H and O–H groups in total. The number of carbonyl (C=O) groups is 1. The fourth-order valence-electron chi connectivity index (χ4n) is 2.34. The maximum Gasteiger partial charge on any atom is 0.271 e. The van der Waals surface area contributed by atoms with Crippen LogP contribution >= 0.6 is 0 Å². The highest BCUT2D eigenvalue weighted by molar-refractivity contribution is 6.02. The molecule has 1 amide bonds. The van der Waals surface area contributed by atoms with Gasteiger partial charge in [-0.05, 0) is 42.2 Å². The molecule has 2 rings (SSSR count). The largest absolute Gasteiger partial charge is 0.378 e. The predicted molar refractivity (Wildman–Crippen MR) is 101 cm³/mol. The number of carbonyl (C=O) groups excluding carboxylic acids is 1. The normalized spacial score (nSPS) is 11.5. The van der Waals surface area contributed by atoms with Crippen LogP contribution in [0, 0.1) is 5.92 Å². The van der Waals surface area contributed by atoms with Crippen molar-refractivity contribution in [3.05, 3.63) is 65.7 Å². The first kappa shape index (κ1) is 17.7. The van der Waals surface area contributed by atoms with Gasteiger partial charge in [-0.1, -0.05) is 44.2 Å². The molecule has 0 bridgehead atoms. The van der Waals surface area contributed by atoms with E-state index in [-0.39, 0.29) is 5.91 Å². The van der Waals surface area contributed by atoms with Crippen molar-refractivity contribution in [1.29, 1.82) is 0 Å². The van der Waals surface area contributed by atoms with E-state index in [1.807, 2.05) is 73.6 Å². The average molecular weight is 323 g/mol. The zero-order valence-corrected chi connectivity index (χ0v) is 14.8. The molecule has 4 heteroatoms. The van der Waals surface area contributed by atoms with Crippen molar-refractivity contribution in [2.45, 2.75) is 20.3 Å². The van der Waals surface area contributed by atoms with Crippen LogP contribution in [0.25, 0.3) is 0 Å². The minimum atomic E-state index is -0.197. The second-order valence-corrected chi connectivity index (χ2v) is 6.40. The van der Waals surface area contributed by atoms with Gasteiger partial charge in [0.25, 0.3) is 5.91 Å². The van der Waals surface area contributed by atoms with Crippen LogP contribution in [-0.2, 0) is 0 Å². The standard InChI is InChI=1S/C20H25N3O/c1-15(2)14-19(16-8-6-5-7-9-16)21-22-20(24)17-10-12-18(13-11-17)23(3)4/h5-13,15H,14H2,1-4H3,(H,22,24)/b21-19+. The molecule has 0 aromatic heterocycles. The molecule has 2 aromatic rings. The molecule has 24 heavy (non-hydrogen) atoms. The lowest BCUT2D eigenvalue weighted by molar-refractivity contribution is 0.0954. The third kappa shape index (κ3) is 4.95. The SMILES string of the molecule is CC(C)C/C(=N\NC(=O)c1ccc(N(C)C)cc1)c1ccccc1. The molecule has 0 saturated heterocycles. The van der Waals surface area contributed by atoms with Crippen LogP contribution in [0.3, 0.4) is 0 Å². The first-order valence-corrected chi connectivity index (χ1v) is 8.17. The van der Waals surface area contributed by atoms with Gasteiger partial charge < -0.3 is 4.90 Å². The van der Waals surface area contributed by atoms with Gasteiger partial charge in [-0.25, -0.2) is 5.43 Å². The maximum absolute atomic E-state index is 12.3. The van der Waals surface area contributed by atoms with Gasteiger partial charge in [-0.2, -0.15) is 5.10 Å². The molecule has 0 atom stereocenters. The molecule has 0 fully saturated rings. The minimum Gasteiger partial charge on any atom is -0.378 e. The summed E-state index contributed by atoms with van der Waals surface area (Å²) in [5, 5.41) is 4.37. The van der Waals surface area contributed by atoms with Crippen molar-refractivity contribution in [3.8, 4) is 0 Å². The third-order valence-corrected chi connectivity index (χ3v) is 3.65. The number of hydrogen-bond donors (Lipinski definition) is 1. The molecule has 4 nitrogen and oxygen atoms in total. The Kier molecular flexibility index (Phi) is 6.13. The molecule has 0 aliphatic heterocycles. The van der Waals surface area contributed by atoms with E-state index in [2.05, 4.69) is 24.4 Å². The van der Waals surface area contributed by atoms with Gasteiger partial charge in [0.2, 0.25) is 0 Å². The van der Waals surface area contributed by atoms with E-state index in [1.165, 1.54) is 0 Å². The van der Waals surface area contributed by atoms with Crippen LogP contribution in [0.15, 0.2) is 59.7 Å². The van der Waals surface area contributed by atoms with Crippen LogP contribution < -0.4 is 10.3 Å². The Hall–Kier alpha value is -2.62. The Morgan fingerprint density at radius 2 is 1.62 bits per heavy atom. The Morgan fingerprint density at radius 3 is 2.17 bits per heavy atom. The summed E-state index contributed by atoms with van der Waals surface area (Å²) in [7, 11) is 3.94. The summed E-state index contributed by atoms with van der Waals surface area (Å²) in [6.07, 6.45) is 0.809. The molecular weight excluding hydrogens is 298 g/mol. The maximum atomic E-state index is 12.3. The van der Waals surface area contributed by atoms with Crippen molar-refractivity contribution in [2.24, 2.45) is 11.0 Å². The summed E-state index contributed by atoms with van der Waals surface area (Å²) in [6, 6.07) is 17.4. The Bertz CT molecular complexity index is 689. The Morgan fingerprint density at radius 1 is 1.00 bits per heavy atom. The topological polar surface area (TPSA) is 44.7 Å². The average Bonchev–Trinajstić information content (AvgIpc) is 2.59. The van der Waals surface area contributed by atoms with Crippen LogP contribution in [0.1, 0.15) is 36.2 Å². The monoisotopic (exact) mass is 323 g/mol. The molecule has 0 unspecified atom stereocenters. The van der Waals surface area contributed by atoms with Crippen molar-refractivity contribution in [1.82, 2.24) is 5.43 Å². The fourth-order valence-corrected chi connectivity index (χ4v) is 2.34. The lowest BCUT2D eigenvalue weighted by Crippen LogP contribution is -2.21. The van der Waals surface area contributed by atoms with E-state index in [4.69, 9.17) is 0 Å². The van der Waals surface area contributed by atoms with Crippen LogP contribution in [0.4, 0.5) is 5.69 Å². The predicted octanol–water partition coefficient (Wildman–Crippen LogP) is 3.93. The first-order chi connectivity index (χ1) is 11.5. The van der Waals surface area contributed by atoms with Crippen molar-refractivity contribution in [3.63, 3.8) is 0 Å². The Balaban J connectivity index is 2.14. The molecule has 0 aliphatic carbocycles. The van der Waals surface area contributed by atoms with Gasteiger partial charge in [-0.15, -0.1) is 0 Å². The number of hydrogen-bond acceptors (Lipinski definition) is 3. The van der Waals surface area contributed by atoms with E-state index in [1.54, 1.807) is 0 Å². The molecule has 0 aliphatic rings. The van der Waals surface area contributed by atoms with Crippen LogP contribution in [-0.4, -0.2) is 25.7 Å². The number of rotatable bonds is 6. The molecular formula is C20H25N3O. The second-order valence-electron chi connectivity index (χ2n) is 6.40. The number of nitrogens with one attached hydrogen (secondary N) is 1. The number of amides is 1. The van der Waals surface area contributed by atoms with Gasteiger partial charge in [0.1, 0.15) is 0 Å². The fraction of sp³-hybridized carbons (Fsp3) is 0.300. The lowest BCUT2D eigenvalue weighted by Gasteiger charge is -2.12. The molecule has 0 saturated carbocycles. The number of benzene rings is 2. The third-order valence-electron chi connectivity index (χ3n) is 3.65. The summed E-state index contributed by atoms with van der Waals surface area (Å²) in [6.45, 7) is 4.28. The highest BCUT2D eigenvalue weighted by Crippen LogP contribution is 2.13. The molecule has 0 radical (unpaired) electrons. The van der Waals surface area contributed by atoms with Crippen molar-refractivity contribution >= 4 is 17.3 Å². The summed E-state index contributed by atoms with van der Waals surface area (Å²) in [5.41, 5.74) is 6.27. The summed E-state index contributed by atoms with van der Waals surface area (Å²) >= 11 is 0. The summed E-state index contributed by atoms with van der Waals surface area (Å²) in [5.74, 6) is 0.262. The smallest absolute Gasteiger partial charge is 0.271 e. The highest BCUT2D eigenvalue weighted by atomic mass is 16.2. The van der Waals surface area contributed by atoms with E-state index < -0.39 is 0 Å². The molecule has 0 heterocycles. The van der Waals surface area contributed by atoms with Crippen LogP contribution in [0.5, 0.6) is 0 Å². The number of hydrazone groups is 1. The molecule has 126 valence electrons. The second kappa shape index (κ2) is 8.29. The van der Waals surface area contributed by atoms with Gasteiger partial charge in [0, 0.05) is 25.3 Å². The lowest BCUT2D eigenvalue weighted by atomic mass is 10.0. The highest BCUT2D eigenvalue weighted by Gasteiger charge is 2.09. The van der Waals surface area contributed by atoms with E-state index >= 15 is 0 Å². The number of anilines is 1. The van der Waals surface area contributed by atoms with Gasteiger partial charge in [0.05, 0.1) is 5.71 Å². The quantitative estimate of drug-likeness (QED) is 0.646. The first-order valence-electron chi connectivity index (χ1n) is 8.17. The van der Waals surface area contributed by atoms with E-state index in [0.717, 1.165) is 23.4 Å². The molecule has 0 spiro atoms. The summed E-state index contributed by atoms with van der Waals surface area (Å²) < 4.78 is 0. The zero-order valence-electron chi connectivity index (χ0n) is 14.8. The Labute approximate surface area is 144 Å². The van der Waals surface area contributed by atoms with Gasteiger partial charge >= 0.3 is 0 Å². The van der Waals surface area contributed by atoms with Crippen molar-refractivity contribution < 1.29 is 4.79 Å².